The summed E-state index contributed by atoms with van der Waals surface area (Å²) < 4.78 is 1.77. The molecule has 2 aromatic rings. The molecule has 22 heavy (non-hydrogen) atoms. The van der Waals surface area contributed by atoms with Crippen molar-refractivity contribution in [3.63, 3.8) is 0 Å². The summed E-state index contributed by atoms with van der Waals surface area (Å²) in [4.78, 5) is 27.1. The number of H-pyrrole nitrogens is 1. The zero-order valence-electron chi connectivity index (χ0n) is 13.9. The Bertz CT molecular complexity index is 740. The molecule has 0 radical (unpaired) electrons. The monoisotopic (exact) mass is 302 g/mol. The predicted molar refractivity (Wildman–Crippen MR) is 84.1 cm³/mol. The number of nitrogens with zero attached hydrogens (tertiary/aromatic N) is 2. The molecule has 6 heteroatoms. The Kier molecular flexibility index (Phi) is 4.21. The molecule has 0 aliphatic heterocycles. The maximum atomic E-state index is 12.5. The van der Waals surface area contributed by atoms with E-state index in [-0.39, 0.29) is 17.7 Å². The first-order valence-corrected chi connectivity index (χ1v) is 7.23. The third-order valence-corrected chi connectivity index (χ3v) is 4.10. The molecule has 0 aliphatic carbocycles. The molecule has 118 valence electrons. The number of aryl methyl sites for hydroxylation is 2. The van der Waals surface area contributed by atoms with Gasteiger partial charge in [0.1, 0.15) is 5.69 Å². The first-order chi connectivity index (χ1) is 10.2. The van der Waals surface area contributed by atoms with Crippen LogP contribution in [0.1, 0.15) is 63.3 Å². The molecule has 0 saturated carbocycles. The van der Waals surface area contributed by atoms with E-state index in [4.69, 9.17) is 0 Å². The highest BCUT2D eigenvalue weighted by Crippen LogP contribution is 2.20. The zero-order valence-corrected chi connectivity index (χ0v) is 13.9. The van der Waals surface area contributed by atoms with Gasteiger partial charge in [-0.1, -0.05) is 0 Å². The van der Waals surface area contributed by atoms with Gasteiger partial charge in [-0.3, -0.25) is 14.3 Å². The van der Waals surface area contributed by atoms with Gasteiger partial charge in [0, 0.05) is 29.6 Å². The second kappa shape index (κ2) is 5.79. The highest BCUT2D eigenvalue weighted by molar-refractivity contribution is 6.02. The van der Waals surface area contributed by atoms with Crippen molar-refractivity contribution in [2.75, 3.05) is 0 Å². The van der Waals surface area contributed by atoms with Crippen molar-refractivity contribution in [1.29, 1.82) is 0 Å². The molecule has 0 spiro atoms. The third-order valence-electron chi connectivity index (χ3n) is 4.10. The topological polar surface area (TPSA) is 79.8 Å². The molecule has 0 bridgehead atoms. The van der Waals surface area contributed by atoms with Crippen molar-refractivity contribution in [2.24, 2.45) is 7.05 Å². The number of nitrogens with one attached hydrogen (secondary N) is 2. The molecule has 2 rings (SSSR count). The lowest BCUT2D eigenvalue weighted by molar-refractivity contribution is 0.0934. The summed E-state index contributed by atoms with van der Waals surface area (Å²) in [6.45, 7) is 8.97. The van der Waals surface area contributed by atoms with Crippen molar-refractivity contribution in [1.82, 2.24) is 20.1 Å². The van der Waals surface area contributed by atoms with Crippen molar-refractivity contribution >= 4 is 11.7 Å². The molecule has 0 unspecified atom stereocenters. The molecule has 0 saturated heterocycles. The Morgan fingerprint density at radius 3 is 2.41 bits per heavy atom. The number of amides is 1. The van der Waals surface area contributed by atoms with E-state index in [0.717, 1.165) is 17.0 Å². The molecule has 2 N–H and O–H groups in total. The van der Waals surface area contributed by atoms with Crippen LogP contribution in [0.25, 0.3) is 0 Å². The maximum absolute atomic E-state index is 12.5. The Morgan fingerprint density at radius 2 is 1.95 bits per heavy atom. The second-order valence-electron chi connectivity index (χ2n) is 5.69. The van der Waals surface area contributed by atoms with Gasteiger partial charge in [0.25, 0.3) is 5.91 Å². The number of rotatable bonds is 4. The maximum Gasteiger partial charge on any atom is 0.268 e. The van der Waals surface area contributed by atoms with Crippen LogP contribution in [0.3, 0.4) is 0 Å². The smallest absolute Gasteiger partial charge is 0.268 e. The first-order valence-electron chi connectivity index (χ1n) is 7.23. The third kappa shape index (κ3) is 2.68. The number of aromatic amines is 1. The second-order valence-corrected chi connectivity index (χ2v) is 5.69. The minimum absolute atomic E-state index is 0.0403. The number of ketones is 1. The summed E-state index contributed by atoms with van der Waals surface area (Å²) in [6, 6.07) is -0.162. The number of carbonyl (C=O) groups excluding carboxylic acids is 2. The van der Waals surface area contributed by atoms with Crippen molar-refractivity contribution in [2.45, 2.75) is 40.7 Å². The van der Waals surface area contributed by atoms with Crippen molar-refractivity contribution in [3.05, 3.63) is 40.0 Å². The molecular formula is C16H22N4O2. The SMILES string of the molecule is CC(=O)c1c(C)[nH]c(C(=O)N[C@H](C)c2cnn(C)c2C)c1C. The lowest BCUT2D eigenvalue weighted by atomic mass is 10.1. The molecular weight excluding hydrogens is 280 g/mol. The Morgan fingerprint density at radius 1 is 1.32 bits per heavy atom. The number of hydrogen-bond donors (Lipinski definition) is 2. The molecule has 1 amide bonds. The molecule has 0 fully saturated rings. The van der Waals surface area contributed by atoms with Gasteiger partial charge in [-0.2, -0.15) is 5.10 Å². The van der Waals surface area contributed by atoms with Gasteiger partial charge in [-0.15, -0.1) is 0 Å². The van der Waals surface area contributed by atoms with Crippen molar-refractivity contribution in [3.8, 4) is 0 Å². The quantitative estimate of drug-likeness (QED) is 0.851. The fourth-order valence-electron chi connectivity index (χ4n) is 2.79. The average molecular weight is 302 g/mol. The molecule has 2 heterocycles. The van der Waals surface area contributed by atoms with Crippen LogP contribution < -0.4 is 5.32 Å². The van der Waals surface area contributed by atoms with Gasteiger partial charge in [0.05, 0.1) is 12.2 Å². The van der Waals surface area contributed by atoms with Crippen molar-refractivity contribution < 1.29 is 9.59 Å². The van der Waals surface area contributed by atoms with E-state index in [1.165, 1.54) is 6.92 Å². The predicted octanol–water partition coefficient (Wildman–Crippen LogP) is 2.37. The largest absolute Gasteiger partial charge is 0.354 e. The van der Waals surface area contributed by atoms with E-state index < -0.39 is 0 Å². The van der Waals surface area contributed by atoms with Gasteiger partial charge >= 0.3 is 0 Å². The first kappa shape index (κ1) is 16.0. The fourth-order valence-corrected chi connectivity index (χ4v) is 2.79. The molecule has 0 aliphatic rings. The highest BCUT2D eigenvalue weighted by Gasteiger charge is 2.22. The summed E-state index contributed by atoms with van der Waals surface area (Å²) in [7, 11) is 1.87. The number of aromatic nitrogens is 3. The molecule has 0 aromatic carbocycles. The average Bonchev–Trinajstić information content (AvgIpc) is 2.90. The standard InChI is InChI=1S/C16H22N4O2/c1-8-14(12(5)21)10(3)18-15(8)16(22)19-9(2)13-7-17-20(6)11(13)4/h7,9,18H,1-6H3,(H,19,22)/t9-/m1/s1. The minimum Gasteiger partial charge on any atom is -0.354 e. The summed E-state index contributed by atoms with van der Waals surface area (Å²) in [5, 5.41) is 7.14. The van der Waals surface area contributed by atoms with Crippen LogP contribution in [-0.2, 0) is 7.05 Å². The van der Waals surface area contributed by atoms with Crippen LogP contribution in [0.2, 0.25) is 0 Å². The summed E-state index contributed by atoms with van der Waals surface area (Å²) in [6.07, 6.45) is 1.76. The van der Waals surface area contributed by atoms with E-state index >= 15 is 0 Å². The van der Waals surface area contributed by atoms with Crippen LogP contribution in [-0.4, -0.2) is 26.5 Å². The van der Waals surface area contributed by atoms with Crippen LogP contribution in [0.4, 0.5) is 0 Å². The lowest BCUT2D eigenvalue weighted by Crippen LogP contribution is -2.27. The summed E-state index contributed by atoms with van der Waals surface area (Å²) >= 11 is 0. The minimum atomic E-state index is -0.219. The van der Waals surface area contributed by atoms with Gasteiger partial charge in [-0.25, -0.2) is 0 Å². The molecule has 6 nitrogen and oxygen atoms in total. The van der Waals surface area contributed by atoms with Crippen LogP contribution in [0.15, 0.2) is 6.20 Å². The number of carbonyl (C=O) groups is 2. The highest BCUT2D eigenvalue weighted by atomic mass is 16.2. The van der Waals surface area contributed by atoms with E-state index in [2.05, 4.69) is 15.4 Å². The number of hydrogen-bond acceptors (Lipinski definition) is 3. The van der Waals surface area contributed by atoms with E-state index in [0.29, 0.717) is 16.8 Å². The Labute approximate surface area is 129 Å². The van der Waals surface area contributed by atoms with Crippen LogP contribution in [0.5, 0.6) is 0 Å². The van der Waals surface area contributed by atoms with E-state index in [1.54, 1.807) is 24.7 Å². The summed E-state index contributed by atoms with van der Waals surface area (Å²) in [5.41, 5.74) is 4.43. The van der Waals surface area contributed by atoms with Crippen LogP contribution >= 0.6 is 0 Å². The van der Waals surface area contributed by atoms with Gasteiger partial charge in [0.2, 0.25) is 0 Å². The normalized spacial score (nSPS) is 12.3. The van der Waals surface area contributed by atoms with Gasteiger partial charge in [0.15, 0.2) is 5.78 Å². The molecule has 1 atom stereocenters. The lowest BCUT2D eigenvalue weighted by Gasteiger charge is -2.13. The van der Waals surface area contributed by atoms with Gasteiger partial charge in [-0.05, 0) is 40.2 Å². The van der Waals surface area contributed by atoms with E-state index in [9.17, 15) is 9.59 Å². The van der Waals surface area contributed by atoms with E-state index in [1.807, 2.05) is 20.9 Å². The fraction of sp³-hybridized carbons (Fsp3) is 0.438. The zero-order chi connectivity index (χ0) is 16.6. The molecule has 2 aromatic heterocycles. The van der Waals surface area contributed by atoms with Gasteiger partial charge < -0.3 is 10.3 Å². The Hall–Kier alpha value is -2.37. The summed E-state index contributed by atoms with van der Waals surface area (Å²) in [5.74, 6) is -0.259. The van der Waals surface area contributed by atoms with Crippen LogP contribution in [0, 0.1) is 20.8 Å². The Balaban J connectivity index is 2.25. The number of Topliss-reactive ketones (excluding diaryl/α,β-unsaturated/α-hetero) is 1.